The summed E-state index contributed by atoms with van der Waals surface area (Å²) >= 11 is 0. The normalized spacial score (nSPS) is 13.2. The Morgan fingerprint density at radius 1 is 1.17 bits per heavy atom. The predicted molar refractivity (Wildman–Crippen MR) is 104 cm³/mol. The van der Waals surface area contributed by atoms with Crippen LogP contribution in [0.4, 0.5) is 0 Å². The number of ketones is 1. The summed E-state index contributed by atoms with van der Waals surface area (Å²) in [6, 6.07) is 7.24. The largest absolute Gasteiger partial charge is 0.383 e. The van der Waals surface area contributed by atoms with Crippen LogP contribution in [0.3, 0.4) is 0 Å². The molecule has 3 heteroatoms. The van der Waals surface area contributed by atoms with Crippen molar-refractivity contribution >= 4 is 17.6 Å². The monoisotopic (exact) mass is 320 g/mol. The van der Waals surface area contributed by atoms with Crippen LogP contribution >= 0.6 is 0 Å². The van der Waals surface area contributed by atoms with E-state index in [-0.39, 0.29) is 5.78 Å². The smallest absolute Gasteiger partial charge is 0.159 e. The van der Waals surface area contributed by atoms with Gasteiger partial charge in [0, 0.05) is 11.8 Å². The van der Waals surface area contributed by atoms with Crippen LogP contribution in [0, 0.1) is 0 Å². The molecule has 0 saturated heterocycles. The van der Waals surface area contributed by atoms with Gasteiger partial charge in [0.1, 0.15) is 5.82 Å². The topological polar surface area (TPSA) is 55.4 Å². The lowest BCUT2D eigenvalue weighted by Gasteiger charge is -2.05. The number of carbonyl (C=O) groups is 1. The van der Waals surface area contributed by atoms with Gasteiger partial charge in [-0.25, -0.2) is 4.99 Å². The summed E-state index contributed by atoms with van der Waals surface area (Å²) in [6.07, 6.45) is 9.15. The Balaban J connectivity index is 2.97. The molecule has 0 fully saturated rings. The summed E-state index contributed by atoms with van der Waals surface area (Å²) in [6.45, 7) is 13.2. The molecule has 2 N–H and O–H groups in total. The quantitative estimate of drug-likeness (QED) is 0.443. The van der Waals surface area contributed by atoms with Crippen LogP contribution in [0.15, 0.2) is 83.7 Å². The molecule has 0 radical (unpaired) electrons. The standard InChI is InChI=1S/C21H24N2O/c1-6-8-9-18(7-2)16(4)21(22)23-14-15(3)19-10-12-20(13-11-19)17(5)24/h6-14H,2-3,22H2,1,4-5H3/b8-6-,18-9+,21-16+,23-14?. The van der Waals surface area contributed by atoms with Gasteiger partial charge in [0.25, 0.3) is 0 Å². The molecule has 0 saturated carbocycles. The van der Waals surface area contributed by atoms with Gasteiger partial charge >= 0.3 is 0 Å². The van der Waals surface area contributed by atoms with Gasteiger partial charge in [0.05, 0.1) is 0 Å². The molecule has 0 aromatic heterocycles. The minimum Gasteiger partial charge on any atom is -0.383 e. The Morgan fingerprint density at radius 3 is 2.25 bits per heavy atom. The van der Waals surface area contributed by atoms with Crippen molar-refractivity contribution in [2.24, 2.45) is 10.7 Å². The molecule has 0 bridgehead atoms. The summed E-state index contributed by atoms with van der Waals surface area (Å²) in [5.74, 6) is 0.445. The molecule has 124 valence electrons. The van der Waals surface area contributed by atoms with Crippen molar-refractivity contribution in [3.63, 3.8) is 0 Å². The number of benzene rings is 1. The molecule has 1 aromatic carbocycles. The highest BCUT2D eigenvalue weighted by molar-refractivity contribution is 6.09. The van der Waals surface area contributed by atoms with Crippen LogP contribution in [0.5, 0.6) is 0 Å². The van der Waals surface area contributed by atoms with E-state index in [4.69, 9.17) is 5.73 Å². The van der Waals surface area contributed by atoms with E-state index in [1.807, 2.05) is 44.2 Å². The Hall–Kier alpha value is -2.94. The number of Topliss-reactive ketones (excluding diaryl/α,β-unsaturated/α-hetero) is 1. The van der Waals surface area contributed by atoms with Gasteiger partial charge in [0.15, 0.2) is 5.78 Å². The molecule has 1 rings (SSSR count). The zero-order valence-electron chi connectivity index (χ0n) is 14.5. The number of hydrogen-bond donors (Lipinski definition) is 1. The van der Waals surface area contributed by atoms with Crippen molar-refractivity contribution in [2.75, 3.05) is 0 Å². The van der Waals surface area contributed by atoms with Crippen LogP contribution < -0.4 is 5.73 Å². The van der Waals surface area contributed by atoms with E-state index in [0.29, 0.717) is 11.4 Å². The second-order valence-electron chi connectivity index (χ2n) is 5.28. The number of rotatable bonds is 7. The summed E-state index contributed by atoms with van der Waals surface area (Å²) in [4.78, 5) is 15.6. The van der Waals surface area contributed by atoms with Crippen LogP contribution in [0.25, 0.3) is 5.57 Å². The summed E-state index contributed by atoms with van der Waals surface area (Å²) in [7, 11) is 0. The number of hydrogen-bond acceptors (Lipinski definition) is 3. The predicted octanol–water partition coefficient (Wildman–Crippen LogP) is 4.85. The molecule has 0 aliphatic heterocycles. The van der Waals surface area contributed by atoms with Gasteiger partial charge in [-0.05, 0) is 43.1 Å². The van der Waals surface area contributed by atoms with Crippen molar-refractivity contribution < 1.29 is 4.79 Å². The molecule has 1 aromatic rings. The molecule has 24 heavy (non-hydrogen) atoms. The third kappa shape index (κ3) is 5.36. The van der Waals surface area contributed by atoms with Crippen molar-refractivity contribution in [2.45, 2.75) is 20.8 Å². The average molecular weight is 320 g/mol. The molecular weight excluding hydrogens is 296 g/mol. The maximum atomic E-state index is 11.3. The van der Waals surface area contributed by atoms with E-state index < -0.39 is 0 Å². The average Bonchev–Trinajstić information content (AvgIpc) is 2.59. The Morgan fingerprint density at radius 2 is 1.75 bits per heavy atom. The van der Waals surface area contributed by atoms with Crippen molar-refractivity contribution in [3.05, 3.63) is 89.8 Å². The Bertz CT molecular complexity index is 745. The van der Waals surface area contributed by atoms with Crippen LogP contribution in [-0.2, 0) is 0 Å². The van der Waals surface area contributed by atoms with Gasteiger partial charge in [-0.1, -0.05) is 61.7 Å². The first-order valence-corrected chi connectivity index (χ1v) is 7.67. The van der Waals surface area contributed by atoms with Gasteiger partial charge in [-0.15, -0.1) is 0 Å². The highest BCUT2D eigenvalue weighted by Gasteiger charge is 2.02. The second-order valence-corrected chi connectivity index (χ2v) is 5.28. The first kappa shape index (κ1) is 19.1. The molecule has 0 aliphatic carbocycles. The minimum atomic E-state index is 0.0357. The molecule has 0 aliphatic rings. The Kier molecular flexibility index (Phi) is 7.37. The molecule has 3 nitrogen and oxygen atoms in total. The summed E-state index contributed by atoms with van der Waals surface area (Å²) in [5.41, 5.74) is 10.1. The third-order valence-electron chi connectivity index (χ3n) is 3.53. The lowest BCUT2D eigenvalue weighted by molar-refractivity contribution is 0.101. The fourth-order valence-corrected chi connectivity index (χ4v) is 1.93. The highest BCUT2D eigenvalue weighted by Crippen LogP contribution is 2.16. The fraction of sp³-hybridized carbons (Fsp3) is 0.143. The molecule has 0 atom stereocenters. The van der Waals surface area contributed by atoms with E-state index >= 15 is 0 Å². The van der Waals surface area contributed by atoms with E-state index in [1.54, 1.807) is 24.4 Å². The van der Waals surface area contributed by atoms with Crippen LogP contribution in [-0.4, -0.2) is 12.0 Å². The number of carbonyl (C=O) groups excluding carboxylic acids is 1. The van der Waals surface area contributed by atoms with E-state index in [9.17, 15) is 4.79 Å². The first-order valence-electron chi connectivity index (χ1n) is 7.67. The van der Waals surface area contributed by atoms with Gasteiger partial charge in [-0.2, -0.15) is 0 Å². The van der Waals surface area contributed by atoms with E-state index in [0.717, 1.165) is 22.3 Å². The summed E-state index contributed by atoms with van der Waals surface area (Å²) < 4.78 is 0. The van der Waals surface area contributed by atoms with E-state index in [2.05, 4.69) is 18.2 Å². The van der Waals surface area contributed by atoms with Gasteiger partial charge < -0.3 is 5.73 Å². The number of allylic oxidation sites excluding steroid dienone is 7. The van der Waals surface area contributed by atoms with Crippen LogP contribution in [0.2, 0.25) is 0 Å². The molecule has 0 amide bonds. The van der Waals surface area contributed by atoms with Crippen LogP contribution in [0.1, 0.15) is 36.7 Å². The zero-order chi connectivity index (χ0) is 18.1. The van der Waals surface area contributed by atoms with Crippen molar-refractivity contribution in [3.8, 4) is 0 Å². The van der Waals surface area contributed by atoms with Crippen molar-refractivity contribution in [1.82, 2.24) is 0 Å². The number of aliphatic imine (C=N–C) groups is 1. The molecule has 0 spiro atoms. The molecule has 0 heterocycles. The van der Waals surface area contributed by atoms with E-state index in [1.165, 1.54) is 6.92 Å². The molecule has 0 unspecified atom stereocenters. The minimum absolute atomic E-state index is 0.0357. The lowest BCUT2D eigenvalue weighted by atomic mass is 10.0. The SMILES string of the molecule is C=CC(=C\C=C/C)/C(C)=C(\N)N=CC(=C)c1ccc(C(C)=O)cc1. The maximum Gasteiger partial charge on any atom is 0.159 e. The second kappa shape index (κ2) is 9.26. The molecular formula is C21H24N2O. The fourth-order valence-electron chi connectivity index (χ4n) is 1.93. The van der Waals surface area contributed by atoms with Gasteiger partial charge in [-0.3, -0.25) is 4.79 Å². The van der Waals surface area contributed by atoms with Crippen molar-refractivity contribution in [1.29, 1.82) is 0 Å². The maximum absolute atomic E-state index is 11.3. The Labute approximate surface area is 144 Å². The summed E-state index contributed by atoms with van der Waals surface area (Å²) in [5, 5.41) is 0. The third-order valence-corrected chi connectivity index (χ3v) is 3.53. The zero-order valence-corrected chi connectivity index (χ0v) is 14.5. The number of nitrogens with two attached hydrogens (primary N) is 1. The van der Waals surface area contributed by atoms with Gasteiger partial charge in [0.2, 0.25) is 0 Å². The first-order chi connectivity index (χ1) is 11.4. The lowest BCUT2D eigenvalue weighted by Crippen LogP contribution is -2.00. The highest BCUT2D eigenvalue weighted by atomic mass is 16.1. The number of nitrogens with zero attached hydrogens (tertiary/aromatic N) is 1.